The summed E-state index contributed by atoms with van der Waals surface area (Å²) in [5.74, 6) is -0.846. The maximum absolute atomic E-state index is 12.8. The van der Waals surface area contributed by atoms with Gasteiger partial charge < -0.3 is 14.8 Å². The van der Waals surface area contributed by atoms with Crippen LogP contribution in [0, 0.1) is 0 Å². The molecule has 1 aliphatic heterocycles. The minimum Gasteiger partial charge on any atom is -0.497 e. The fourth-order valence-electron chi connectivity index (χ4n) is 3.53. The van der Waals surface area contributed by atoms with Crippen LogP contribution in [0.2, 0.25) is 0 Å². The molecule has 0 bridgehead atoms. The number of carbonyl (C=O) groups is 2. The van der Waals surface area contributed by atoms with Crippen molar-refractivity contribution in [2.24, 2.45) is 0 Å². The molecule has 0 spiro atoms. The number of carbonyl (C=O) groups excluding carboxylic acids is 2. The monoisotopic (exact) mass is 531 g/mol. The molecular weight excluding hydrogens is 510 g/mol. The Bertz CT molecular complexity index is 1550. The van der Waals surface area contributed by atoms with E-state index in [-0.39, 0.29) is 32.5 Å². The van der Waals surface area contributed by atoms with Crippen molar-refractivity contribution in [3.63, 3.8) is 0 Å². The van der Waals surface area contributed by atoms with Gasteiger partial charge in [-0.25, -0.2) is 21.1 Å². The van der Waals surface area contributed by atoms with Crippen LogP contribution in [-0.2, 0) is 24.8 Å². The first-order chi connectivity index (χ1) is 17.1. The zero-order valence-electron chi connectivity index (χ0n) is 19.1. The maximum atomic E-state index is 12.8. The first-order valence-corrected chi connectivity index (χ1v) is 13.3. The van der Waals surface area contributed by atoms with Crippen LogP contribution >= 0.6 is 0 Å². The molecular formula is C23H21N3O8S2. The van der Waals surface area contributed by atoms with Gasteiger partial charge in [-0.15, -0.1) is 0 Å². The molecule has 11 nitrogen and oxygen atoms in total. The van der Waals surface area contributed by atoms with Gasteiger partial charge in [0.1, 0.15) is 22.9 Å². The molecule has 0 atom stereocenters. The first-order valence-electron chi connectivity index (χ1n) is 10.4. The van der Waals surface area contributed by atoms with Gasteiger partial charge in [0.15, 0.2) is 0 Å². The molecule has 0 saturated heterocycles. The molecule has 0 aromatic heterocycles. The predicted molar refractivity (Wildman–Crippen MR) is 130 cm³/mol. The Kier molecular flexibility index (Phi) is 6.61. The van der Waals surface area contributed by atoms with Crippen molar-refractivity contribution >= 4 is 43.2 Å². The fourth-order valence-corrected chi connectivity index (χ4v) is 6.12. The molecule has 0 aliphatic carbocycles. The number of nitrogens with zero attached hydrogens (tertiary/aromatic N) is 1. The SMILES string of the molecule is COc1ccc(OC)c(NS(=O)(=O)c2ccc(NC(=O)CN3C(=O)c4ccccc4S3(=O)=O)cc2)c1. The van der Waals surface area contributed by atoms with Gasteiger partial charge in [0.2, 0.25) is 5.91 Å². The van der Waals surface area contributed by atoms with Crippen molar-refractivity contribution in [3.05, 3.63) is 72.3 Å². The van der Waals surface area contributed by atoms with Gasteiger partial charge in [0, 0.05) is 11.8 Å². The molecule has 0 unspecified atom stereocenters. The number of hydrogen-bond acceptors (Lipinski definition) is 8. The molecule has 0 saturated carbocycles. The smallest absolute Gasteiger partial charge is 0.269 e. The molecule has 4 rings (SSSR count). The van der Waals surface area contributed by atoms with E-state index in [4.69, 9.17) is 9.47 Å². The van der Waals surface area contributed by atoms with Crippen molar-refractivity contribution in [3.8, 4) is 11.5 Å². The largest absolute Gasteiger partial charge is 0.497 e. The Balaban J connectivity index is 1.46. The highest BCUT2D eigenvalue weighted by Crippen LogP contribution is 2.31. The molecule has 3 aromatic rings. The summed E-state index contributed by atoms with van der Waals surface area (Å²) in [6.07, 6.45) is 0. The van der Waals surface area contributed by atoms with Crippen LogP contribution in [0.3, 0.4) is 0 Å². The second-order valence-electron chi connectivity index (χ2n) is 7.56. The molecule has 36 heavy (non-hydrogen) atoms. The van der Waals surface area contributed by atoms with Gasteiger partial charge in [-0.3, -0.25) is 14.3 Å². The topological polar surface area (TPSA) is 148 Å². The van der Waals surface area contributed by atoms with E-state index in [2.05, 4.69) is 10.0 Å². The summed E-state index contributed by atoms with van der Waals surface area (Å²) in [7, 11) is -5.31. The van der Waals surface area contributed by atoms with Crippen LogP contribution in [0.25, 0.3) is 0 Å². The summed E-state index contributed by atoms with van der Waals surface area (Å²) >= 11 is 0. The molecule has 13 heteroatoms. The number of hydrogen-bond donors (Lipinski definition) is 2. The zero-order chi connectivity index (χ0) is 26.1. The third kappa shape index (κ3) is 4.70. The average Bonchev–Trinajstić information content (AvgIpc) is 3.04. The van der Waals surface area contributed by atoms with Crippen molar-refractivity contribution in [2.45, 2.75) is 9.79 Å². The number of ether oxygens (including phenoxy) is 2. The summed E-state index contributed by atoms with van der Waals surface area (Å²) in [6.45, 7) is -0.729. The summed E-state index contributed by atoms with van der Waals surface area (Å²) in [6, 6.07) is 15.5. The zero-order valence-corrected chi connectivity index (χ0v) is 20.7. The number of anilines is 2. The van der Waals surface area contributed by atoms with E-state index >= 15 is 0 Å². The Morgan fingerprint density at radius 1 is 0.972 bits per heavy atom. The Morgan fingerprint density at radius 2 is 1.67 bits per heavy atom. The molecule has 188 valence electrons. The highest BCUT2D eigenvalue weighted by Gasteiger charge is 2.41. The highest BCUT2D eigenvalue weighted by atomic mass is 32.2. The third-order valence-electron chi connectivity index (χ3n) is 5.30. The van der Waals surface area contributed by atoms with E-state index in [1.54, 1.807) is 12.1 Å². The van der Waals surface area contributed by atoms with Gasteiger partial charge in [-0.05, 0) is 48.5 Å². The number of rotatable bonds is 8. The lowest BCUT2D eigenvalue weighted by Crippen LogP contribution is -2.37. The minimum atomic E-state index is -4.13. The van der Waals surface area contributed by atoms with Crippen LogP contribution in [0.4, 0.5) is 11.4 Å². The molecule has 1 heterocycles. The Morgan fingerprint density at radius 3 is 2.31 bits per heavy atom. The Hall–Kier alpha value is -4.10. The normalized spacial score (nSPS) is 14.2. The molecule has 3 aromatic carbocycles. The van der Waals surface area contributed by atoms with Crippen molar-refractivity contribution in [1.82, 2.24) is 4.31 Å². The lowest BCUT2D eigenvalue weighted by atomic mass is 10.2. The minimum absolute atomic E-state index is 0.0000241. The van der Waals surface area contributed by atoms with Crippen molar-refractivity contribution in [2.75, 3.05) is 30.8 Å². The van der Waals surface area contributed by atoms with Gasteiger partial charge >= 0.3 is 0 Å². The summed E-state index contributed by atoms with van der Waals surface area (Å²) in [4.78, 5) is 24.7. The van der Waals surface area contributed by atoms with E-state index in [0.29, 0.717) is 10.1 Å². The number of nitrogens with one attached hydrogen (secondary N) is 2. The second-order valence-corrected chi connectivity index (χ2v) is 11.1. The summed E-state index contributed by atoms with van der Waals surface area (Å²) < 4.78 is 64.1. The number of fused-ring (bicyclic) bond motifs is 1. The fraction of sp³-hybridized carbons (Fsp3) is 0.130. The van der Waals surface area contributed by atoms with Crippen LogP contribution < -0.4 is 19.5 Å². The van der Waals surface area contributed by atoms with Crippen LogP contribution in [0.15, 0.2) is 76.5 Å². The predicted octanol–water partition coefficient (Wildman–Crippen LogP) is 2.29. The molecule has 0 radical (unpaired) electrons. The molecule has 1 aliphatic rings. The van der Waals surface area contributed by atoms with Crippen LogP contribution in [0.1, 0.15) is 10.4 Å². The summed E-state index contributed by atoms with van der Waals surface area (Å²) in [5.41, 5.74) is 0.381. The van der Waals surface area contributed by atoms with E-state index in [1.165, 1.54) is 68.8 Å². The average molecular weight is 532 g/mol. The molecule has 0 fully saturated rings. The summed E-state index contributed by atoms with van der Waals surface area (Å²) in [5, 5.41) is 2.47. The molecule has 2 amide bonds. The quantitative estimate of drug-likeness (QED) is 0.450. The van der Waals surface area contributed by atoms with Gasteiger partial charge in [0.25, 0.3) is 26.0 Å². The van der Waals surface area contributed by atoms with Crippen LogP contribution in [0.5, 0.6) is 11.5 Å². The lowest BCUT2D eigenvalue weighted by Gasteiger charge is -2.15. The van der Waals surface area contributed by atoms with Gasteiger partial charge in [0.05, 0.1) is 30.4 Å². The number of methoxy groups -OCH3 is 2. The lowest BCUT2D eigenvalue weighted by molar-refractivity contribution is -0.116. The van der Waals surface area contributed by atoms with Gasteiger partial charge in [-0.1, -0.05) is 12.1 Å². The van der Waals surface area contributed by atoms with E-state index in [9.17, 15) is 26.4 Å². The number of amides is 2. The van der Waals surface area contributed by atoms with Crippen LogP contribution in [-0.4, -0.2) is 53.7 Å². The van der Waals surface area contributed by atoms with E-state index in [1.807, 2.05) is 0 Å². The standard InChI is InChI=1S/C23H21N3O8S2/c1-33-16-9-12-20(34-2)19(13-16)25-35(29,30)17-10-7-15(8-11-17)24-22(27)14-26-23(28)18-5-3-4-6-21(18)36(26,31)32/h3-13,25H,14H2,1-2H3,(H,24,27). The number of benzene rings is 3. The van der Waals surface area contributed by atoms with Crippen molar-refractivity contribution in [1.29, 1.82) is 0 Å². The van der Waals surface area contributed by atoms with Crippen molar-refractivity contribution < 1.29 is 35.9 Å². The second kappa shape index (κ2) is 9.51. The van der Waals surface area contributed by atoms with Gasteiger partial charge in [-0.2, -0.15) is 0 Å². The third-order valence-corrected chi connectivity index (χ3v) is 8.47. The van der Waals surface area contributed by atoms with E-state index < -0.39 is 38.4 Å². The molecule has 2 N–H and O–H groups in total. The van der Waals surface area contributed by atoms with E-state index in [0.717, 1.165) is 0 Å². The Labute approximate surface area is 207 Å². The highest BCUT2D eigenvalue weighted by molar-refractivity contribution is 7.92. The first kappa shape index (κ1) is 25.0. The number of sulfonamides is 2. The maximum Gasteiger partial charge on any atom is 0.269 e.